The zero-order valence-electron chi connectivity index (χ0n) is 20.8. The van der Waals surface area contributed by atoms with Gasteiger partial charge in [0.25, 0.3) is 11.8 Å². The first-order valence-electron chi connectivity index (χ1n) is 11.9. The maximum Gasteiger partial charge on any atom is 0.418 e. The Morgan fingerprint density at radius 1 is 1.18 bits per heavy atom. The van der Waals surface area contributed by atoms with Gasteiger partial charge in [-0.25, -0.2) is 32.4 Å². The summed E-state index contributed by atoms with van der Waals surface area (Å²) >= 11 is 0. The van der Waals surface area contributed by atoms with Crippen LogP contribution in [0.2, 0.25) is 0 Å². The number of nitrogens with one attached hydrogen (secondary N) is 1. The molecule has 2 aliphatic heterocycles. The van der Waals surface area contributed by atoms with Crippen molar-refractivity contribution < 1.29 is 40.7 Å². The largest absolute Gasteiger partial charge is 0.480 e. The molecule has 3 aromatic heterocycles. The number of carbonyl (C=O) groups excluding carboxylic acids is 2. The molecular weight excluding hydrogens is 550 g/mol. The zero-order chi connectivity index (χ0) is 29.0. The lowest BCUT2D eigenvalue weighted by molar-refractivity contribution is -0.136. The molecule has 3 aromatic rings. The molecule has 17 heteroatoms. The lowest BCUT2D eigenvalue weighted by Crippen LogP contribution is -2.44. The number of hydrogen-bond acceptors (Lipinski definition) is 7. The predicted octanol–water partition coefficient (Wildman–Crippen LogP) is 2.61. The highest BCUT2D eigenvalue weighted by atomic mass is 19.4. The number of nitrogen functional groups attached to an aromatic ring is 1. The molecule has 3 amide bonds. The van der Waals surface area contributed by atoms with E-state index in [1.54, 1.807) is 0 Å². The lowest BCUT2D eigenvalue weighted by atomic mass is 10.1. The summed E-state index contributed by atoms with van der Waals surface area (Å²) in [7, 11) is 1.21. The van der Waals surface area contributed by atoms with Gasteiger partial charge in [0.1, 0.15) is 23.6 Å². The first-order valence-corrected chi connectivity index (χ1v) is 11.9. The molecule has 0 aromatic carbocycles. The van der Waals surface area contributed by atoms with Crippen molar-refractivity contribution >= 4 is 23.3 Å². The van der Waals surface area contributed by atoms with Gasteiger partial charge in [0.05, 0.1) is 37.5 Å². The molecular formula is C23H22F6N8O3. The fourth-order valence-electron chi connectivity index (χ4n) is 4.81. The van der Waals surface area contributed by atoms with Crippen molar-refractivity contribution in [3.05, 3.63) is 35.8 Å². The van der Waals surface area contributed by atoms with Crippen molar-refractivity contribution in [2.45, 2.75) is 30.7 Å². The van der Waals surface area contributed by atoms with E-state index in [2.05, 4.69) is 20.4 Å². The molecule has 0 saturated carbocycles. The molecule has 0 bridgehead atoms. The molecule has 5 heterocycles. The molecule has 5 rings (SSSR count). The Balaban J connectivity index is 1.40. The third-order valence-corrected chi connectivity index (χ3v) is 6.75. The van der Waals surface area contributed by atoms with Gasteiger partial charge in [0.15, 0.2) is 5.82 Å². The second kappa shape index (κ2) is 9.71. The van der Waals surface area contributed by atoms with Crippen molar-refractivity contribution in [3.8, 4) is 17.1 Å². The van der Waals surface area contributed by atoms with Crippen LogP contribution < -0.4 is 15.8 Å². The van der Waals surface area contributed by atoms with E-state index >= 15 is 0 Å². The second-order valence-corrected chi connectivity index (χ2v) is 9.44. The molecule has 40 heavy (non-hydrogen) atoms. The maximum atomic E-state index is 14.8. The van der Waals surface area contributed by atoms with Gasteiger partial charge < -0.3 is 25.6 Å². The first kappa shape index (κ1) is 27.3. The number of likely N-dealkylation sites (tertiary alicyclic amines) is 2. The normalized spacial score (nSPS) is 20.8. The molecule has 0 radical (unpaired) electrons. The van der Waals surface area contributed by atoms with E-state index < -0.39 is 72.7 Å². The van der Waals surface area contributed by atoms with E-state index in [1.165, 1.54) is 13.2 Å². The van der Waals surface area contributed by atoms with Crippen molar-refractivity contribution in [2.75, 3.05) is 39.0 Å². The number of amides is 3. The highest BCUT2D eigenvalue weighted by Crippen LogP contribution is 2.39. The third-order valence-electron chi connectivity index (χ3n) is 6.75. The summed E-state index contributed by atoms with van der Waals surface area (Å²) in [6, 6.07) is 0.0238. The van der Waals surface area contributed by atoms with E-state index in [4.69, 9.17) is 10.5 Å². The summed E-state index contributed by atoms with van der Waals surface area (Å²) in [6.07, 6.45) is -4.87. The highest BCUT2D eigenvalue weighted by Gasteiger charge is 2.44. The number of urea groups is 1. The zero-order valence-corrected chi connectivity index (χ0v) is 20.8. The molecule has 2 atom stereocenters. The number of hydrogen-bond donors (Lipinski definition) is 2. The van der Waals surface area contributed by atoms with Crippen molar-refractivity contribution in [1.29, 1.82) is 0 Å². The van der Waals surface area contributed by atoms with Gasteiger partial charge in [-0.15, -0.1) is 0 Å². The van der Waals surface area contributed by atoms with Crippen LogP contribution in [0.15, 0.2) is 24.7 Å². The quantitative estimate of drug-likeness (QED) is 0.460. The fraction of sp³-hybridized carbons (Fsp3) is 0.435. The van der Waals surface area contributed by atoms with E-state index in [1.807, 2.05) is 0 Å². The molecule has 0 spiro atoms. The number of nitrogens with two attached hydrogens (primary N) is 1. The number of rotatable bonds is 4. The third kappa shape index (κ3) is 4.90. The van der Waals surface area contributed by atoms with E-state index in [0.29, 0.717) is 0 Å². The van der Waals surface area contributed by atoms with Crippen LogP contribution in [0.4, 0.5) is 37.0 Å². The Morgan fingerprint density at radius 2 is 1.93 bits per heavy atom. The van der Waals surface area contributed by atoms with Crippen LogP contribution in [0.5, 0.6) is 5.88 Å². The van der Waals surface area contributed by atoms with Gasteiger partial charge in [0, 0.05) is 31.3 Å². The monoisotopic (exact) mass is 572 g/mol. The summed E-state index contributed by atoms with van der Waals surface area (Å²) in [6.45, 7) is -1.64. The number of alkyl halides is 6. The highest BCUT2D eigenvalue weighted by molar-refractivity contribution is 5.98. The summed E-state index contributed by atoms with van der Waals surface area (Å²) < 4.78 is 89.0. The van der Waals surface area contributed by atoms with Gasteiger partial charge in [0.2, 0.25) is 5.88 Å². The predicted molar refractivity (Wildman–Crippen MR) is 126 cm³/mol. The molecule has 2 saturated heterocycles. The fourth-order valence-corrected chi connectivity index (χ4v) is 4.81. The van der Waals surface area contributed by atoms with Crippen molar-refractivity contribution in [3.63, 3.8) is 0 Å². The minimum atomic E-state index is -4.80. The molecule has 0 aliphatic carbocycles. The molecule has 2 fully saturated rings. The van der Waals surface area contributed by atoms with Gasteiger partial charge in [-0.3, -0.25) is 4.79 Å². The van der Waals surface area contributed by atoms with Crippen LogP contribution in [-0.2, 0) is 6.18 Å². The van der Waals surface area contributed by atoms with Crippen LogP contribution in [0.25, 0.3) is 16.8 Å². The number of halogens is 6. The molecule has 3 N–H and O–H groups in total. The summed E-state index contributed by atoms with van der Waals surface area (Å²) in [5.41, 5.74) is 3.78. The maximum absolute atomic E-state index is 14.8. The van der Waals surface area contributed by atoms with Gasteiger partial charge >= 0.3 is 12.2 Å². The minimum absolute atomic E-state index is 0.0320. The number of fused-ring (bicyclic) bond motifs is 1. The van der Waals surface area contributed by atoms with Crippen molar-refractivity contribution in [2.24, 2.45) is 0 Å². The summed E-state index contributed by atoms with van der Waals surface area (Å²) in [5, 5.41) is 6.30. The van der Waals surface area contributed by atoms with Crippen LogP contribution in [0, 0.1) is 0 Å². The minimum Gasteiger partial charge on any atom is -0.480 e. The number of nitrogens with zero attached hydrogens (tertiary/aromatic N) is 6. The number of methoxy groups -OCH3 is 1. The number of anilines is 1. The topological polar surface area (TPSA) is 131 Å². The Labute approximate surface area is 221 Å². The standard InChI is InChI=1S/C23H22F6N8O3/c1-40-20-12(19(38)34-15-8-36(7-14(15)24)21(39)35-3-2-22(25,26)9-35)4-11(6-31-20)16-5-13(23(27,28)29)17-18(30)32-10-33-37(16)17/h4-6,10,14-15H,2-3,7-9H2,1H3,(H,34,38)(H2,30,32,33)/t14-,15+/m0/s1. The van der Waals surface area contributed by atoms with Gasteiger partial charge in [-0.2, -0.15) is 18.3 Å². The van der Waals surface area contributed by atoms with Gasteiger partial charge in [-0.1, -0.05) is 0 Å². The van der Waals surface area contributed by atoms with E-state index in [0.717, 1.165) is 32.9 Å². The number of pyridine rings is 1. The molecule has 2 aliphatic rings. The lowest BCUT2D eigenvalue weighted by Gasteiger charge is -2.24. The van der Waals surface area contributed by atoms with E-state index in [-0.39, 0.29) is 35.8 Å². The molecule has 0 unspecified atom stereocenters. The van der Waals surface area contributed by atoms with Crippen LogP contribution in [0.3, 0.4) is 0 Å². The summed E-state index contributed by atoms with van der Waals surface area (Å²) in [4.78, 5) is 35.4. The average Bonchev–Trinajstić information content (AvgIpc) is 3.58. The Kier molecular flexibility index (Phi) is 6.62. The number of ether oxygens (including phenoxy) is 1. The van der Waals surface area contributed by atoms with Crippen LogP contribution >= 0.6 is 0 Å². The SMILES string of the molecule is COc1ncc(-c2cc(C(F)(F)F)c3c(N)ncnn23)cc1C(=O)N[C@@H]1CN(C(=O)N2CCC(F)(F)C2)C[C@@H]1F. The number of carbonyl (C=O) groups is 2. The molecule has 214 valence electrons. The van der Waals surface area contributed by atoms with E-state index in [9.17, 15) is 35.9 Å². The molecule has 11 nitrogen and oxygen atoms in total. The Hall–Kier alpha value is -4.31. The second-order valence-electron chi connectivity index (χ2n) is 9.44. The Morgan fingerprint density at radius 3 is 2.58 bits per heavy atom. The van der Waals surface area contributed by atoms with Crippen molar-refractivity contribution in [1.82, 2.24) is 34.7 Å². The Bertz CT molecular complexity index is 1480. The average molecular weight is 572 g/mol. The smallest absolute Gasteiger partial charge is 0.418 e. The first-order chi connectivity index (χ1) is 18.8. The van der Waals surface area contributed by atoms with Crippen LogP contribution in [-0.4, -0.2) is 92.7 Å². The summed E-state index contributed by atoms with van der Waals surface area (Å²) in [5.74, 6) is -4.52. The van der Waals surface area contributed by atoms with Gasteiger partial charge in [-0.05, 0) is 12.1 Å². The van der Waals surface area contributed by atoms with Crippen LogP contribution in [0.1, 0.15) is 22.3 Å². The number of aromatic nitrogens is 4.